The minimum atomic E-state index is -0.548. The van der Waals surface area contributed by atoms with Crippen LogP contribution in [0.4, 0.5) is 5.69 Å². The second-order valence-electron chi connectivity index (χ2n) is 5.23. The monoisotopic (exact) mass is 371 g/mol. The molecule has 3 rings (SSSR count). The average Bonchev–Trinajstić information content (AvgIpc) is 2.94. The zero-order valence-electron chi connectivity index (χ0n) is 13.5. The van der Waals surface area contributed by atoms with E-state index in [1.807, 2.05) is 0 Å². The van der Waals surface area contributed by atoms with Gasteiger partial charge >= 0.3 is 5.69 Å². The van der Waals surface area contributed by atoms with E-state index in [0.29, 0.717) is 17.1 Å². The van der Waals surface area contributed by atoms with Gasteiger partial charge in [0.05, 0.1) is 12.0 Å². The van der Waals surface area contributed by atoms with E-state index in [1.165, 1.54) is 18.2 Å². The highest BCUT2D eigenvalue weighted by Crippen LogP contribution is 2.33. The molecule has 0 saturated carbocycles. The number of hydrogen-bond acceptors (Lipinski definition) is 6. The van der Waals surface area contributed by atoms with Gasteiger partial charge in [0.25, 0.3) is 5.91 Å². The summed E-state index contributed by atoms with van der Waals surface area (Å²) in [6.45, 7) is 0. The number of amides is 1. The number of nitro groups is 1. The van der Waals surface area contributed by atoms with Gasteiger partial charge in [-0.25, -0.2) is 0 Å². The number of carbonyl (C=O) groups is 1. The van der Waals surface area contributed by atoms with Crippen LogP contribution in [0, 0.1) is 10.1 Å². The van der Waals surface area contributed by atoms with Crippen LogP contribution in [0.15, 0.2) is 48.2 Å². The molecule has 1 fully saturated rings. The summed E-state index contributed by atoms with van der Waals surface area (Å²) in [4.78, 5) is 22.5. The number of carbonyl (C=O) groups excluding carboxylic acids is 1. The first-order valence-corrected chi connectivity index (χ1v) is 7.81. The molecular formula is C17H13N3O5S. The van der Waals surface area contributed by atoms with Crippen LogP contribution in [0.1, 0.15) is 5.56 Å². The Labute approximate surface area is 153 Å². The lowest BCUT2D eigenvalue weighted by molar-refractivity contribution is -0.385. The third-order valence-corrected chi connectivity index (χ3v) is 3.70. The van der Waals surface area contributed by atoms with Crippen molar-refractivity contribution >= 4 is 35.0 Å². The van der Waals surface area contributed by atoms with Crippen LogP contribution in [0.3, 0.4) is 0 Å². The summed E-state index contributed by atoms with van der Waals surface area (Å²) in [7, 11) is 1.54. The molecule has 1 amide bonds. The fourth-order valence-electron chi connectivity index (χ4n) is 2.27. The predicted octanol–water partition coefficient (Wildman–Crippen LogP) is 2.74. The Bertz CT molecular complexity index is 924. The van der Waals surface area contributed by atoms with Gasteiger partial charge in [0.1, 0.15) is 17.2 Å². The smallest absolute Gasteiger partial charge is 0.312 e. The number of nitro benzene ring substituents is 1. The molecule has 2 N–H and O–H groups in total. The van der Waals surface area contributed by atoms with E-state index in [4.69, 9.17) is 21.7 Å². The van der Waals surface area contributed by atoms with Gasteiger partial charge in [-0.05, 0) is 54.2 Å². The molecule has 1 aliphatic rings. The molecule has 2 aromatic carbocycles. The van der Waals surface area contributed by atoms with Crippen LogP contribution < -0.4 is 20.1 Å². The highest BCUT2D eigenvalue weighted by Gasteiger charge is 2.21. The molecule has 9 heteroatoms. The quantitative estimate of drug-likeness (QED) is 0.360. The van der Waals surface area contributed by atoms with Crippen molar-refractivity contribution in [3.8, 4) is 17.2 Å². The molecule has 8 nitrogen and oxygen atoms in total. The number of rotatable bonds is 5. The van der Waals surface area contributed by atoms with Crippen molar-refractivity contribution in [2.24, 2.45) is 0 Å². The SMILES string of the molecule is COc1ccc(Oc2ccc(/C=C3/NC(=S)NC3=O)cc2[N+](=O)[O-])cc1. The van der Waals surface area contributed by atoms with Crippen LogP contribution in [0.2, 0.25) is 0 Å². The zero-order valence-corrected chi connectivity index (χ0v) is 14.3. The van der Waals surface area contributed by atoms with E-state index in [0.717, 1.165) is 0 Å². The molecule has 132 valence electrons. The van der Waals surface area contributed by atoms with Crippen molar-refractivity contribution in [3.05, 3.63) is 63.8 Å². The van der Waals surface area contributed by atoms with Gasteiger partial charge in [-0.1, -0.05) is 6.07 Å². The Morgan fingerprint density at radius 1 is 1.12 bits per heavy atom. The van der Waals surface area contributed by atoms with Gasteiger partial charge in [0, 0.05) is 6.07 Å². The van der Waals surface area contributed by atoms with Gasteiger partial charge in [-0.2, -0.15) is 0 Å². The molecule has 1 heterocycles. The molecule has 1 aliphatic heterocycles. The lowest BCUT2D eigenvalue weighted by atomic mass is 10.1. The average molecular weight is 371 g/mol. The molecule has 0 unspecified atom stereocenters. The number of nitrogens with zero attached hydrogens (tertiary/aromatic N) is 1. The van der Waals surface area contributed by atoms with Crippen molar-refractivity contribution in [2.75, 3.05) is 7.11 Å². The number of thiocarbonyl (C=S) groups is 1. The summed E-state index contributed by atoms with van der Waals surface area (Å²) in [5, 5.41) is 16.7. The molecule has 2 aromatic rings. The maximum Gasteiger partial charge on any atom is 0.312 e. The lowest BCUT2D eigenvalue weighted by Crippen LogP contribution is -2.21. The third kappa shape index (κ3) is 3.78. The fraction of sp³-hybridized carbons (Fsp3) is 0.0588. The number of hydrogen-bond donors (Lipinski definition) is 2. The van der Waals surface area contributed by atoms with Crippen LogP contribution in [0.5, 0.6) is 17.2 Å². The molecule has 0 atom stereocenters. The topological polar surface area (TPSA) is 103 Å². The van der Waals surface area contributed by atoms with Gasteiger partial charge in [0.15, 0.2) is 5.11 Å². The second-order valence-corrected chi connectivity index (χ2v) is 5.64. The Balaban J connectivity index is 1.89. The minimum Gasteiger partial charge on any atom is -0.497 e. The molecule has 0 aromatic heterocycles. The largest absolute Gasteiger partial charge is 0.497 e. The molecule has 0 aliphatic carbocycles. The van der Waals surface area contributed by atoms with Gasteiger partial charge in [-0.3, -0.25) is 20.2 Å². The lowest BCUT2D eigenvalue weighted by Gasteiger charge is -2.08. The van der Waals surface area contributed by atoms with Crippen molar-refractivity contribution < 1.29 is 19.2 Å². The molecule has 26 heavy (non-hydrogen) atoms. The summed E-state index contributed by atoms with van der Waals surface area (Å²) in [5.41, 5.74) is 0.449. The van der Waals surface area contributed by atoms with Gasteiger partial charge in [-0.15, -0.1) is 0 Å². The van der Waals surface area contributed by atoms with E-state index >= 15 is 0 Å². The number of ether oxygens (including phenoxy) is 2. The second kappa shape index (κ2) is 7.19. The van der Waals surface area contributed by atoms with Crippen molar-refractivity contribution in [1.29, 1.82) is 0 Å². The Hall–Kier alpha value is -3.46. The third-order valence-electron chi connectivity index (χ3n) is 3.50. The van der Waals surface area contributed by atoms with Crippen molar-refractivity contribution in [1.82, 2.24) is 10.6 Å². The number of nitrogens with one attached hydrogen (secondary N) is 2. The zero-order chi connectivity index (χ0) is 18.7. The molecule has 1 saturated heterocycles. The van der Waals surface area contributed by atoms with Crippen LogP contribution in [-0.4, -0.2) is 23.1 Å². The predicted molar refractivity (Wildman–Crippen MR) is 98.0 cm³/mol. The molecule has 0 bridgehead atoms. The first kappa shape index (κ1) is 17.4. The normalized spacial score (nSPS) is 14.7. The number of methoxy groups -OCH3 is 1. The highest BCUT2D eigenvalue weighted by atomic mass is 32.1. The summed E-state index contributed by atoms with van der Waals surface area (Å²) in [5.74, 6) is 0.772. The fourth-order valence-corrected chi connectivity index (χ4v) is 2.48. The van der Waals surface area contributed by atoms with Gasteiger partial charge < -0.3 is 14.8 Å². The Morgan fingerprint density at radius 3 is 2.38 bits per heavy atom. The van der Waals surface area contributed by atoms with E-state index in [1.54, 1.807) is 37.4 Å². The molecule has 0 spiro atoms. The van der Waals surface area contributed by atoms with E-state index in [9.17, 15) is 14.9 Å². The first-order valence-electron chi connectivity index (χ1n) is 7.40. The Morgan fingerprint density at radius 2 is 1.81 bits per heavy atom. The van der Waals surface area contributed by atoms with Crippen LogP contribution in [0.25, 0.3) is 6.08 Å². The van der Waals surface area contributed by atoms with Crippen LogP contribution in [-0.2, 0) is 4.79 Å². The van der Waals surface area contributed by atoms with Crippen molar-refractivity contribution in [2.45, 2.75) is 0 Å². The Kier molecular flexibility index (Phi) is 4.81. The van der Waals surface area contributed by atoms with E-state index < -0.39 is 10.8 Å². The summed E-state index contributed by atoms with van der Waals surface area (Å²) in [6.07, 6.45) is 1.47. The highest BCUT2D eigenvalue weighted by molar-refractivity contribution is 7.80. The first-order chi connectivity index (χ1) is 12.5. The standard InChI is InChI=1S/C17H13N3O5S/c1-24-11-3-5-12(6-4-11)25-15-7-2-10(9-14(15)20(22)23)8-13-16(21)19-17(26)18-13/h2-9H,1H3,(H2,18,19,21,26)/b13-8+. The minimum absolute atomic E-state index is 0.0849. The van der Waals surface area contributed by atoms with Crippen LogP contribution >= 0.6 is 12.2 Å². The van der Waals surface area contributed by atoms with E-state index in [2.05, 4.69) is 10.6 Å². The molecular weight excluding hydrogens is 358 g/mol. The summed E-state index contributed by atoms with van der Waals surface area (Å²) in [6, 6.07) is 11.1. The maximum absolute atomic E-state index is 11.7. The summed E-state index contributed by atoms with van der Waals surface area (Å²) < 4.78 is 10.7. The number of benzene rings is 2. The van der Waals surface area contributed by atoms with Gasteiger partial charge in [0.2, 0.25) is 5.75 Å². The maximum atomic E-state index is 11.7. The molecule has 0 radical (unpaired) electrons. The van der Waals surface area contributed by atoms with Crippen molar-refractivity contribution in [3.63, 3.8) is 0 Å². The summed E-state index contributed by atoms with van der Waals surface area (Å²) >= 11 is 4.85. The van der Waals surface area contributed by atoms with E-state index in [-0.39, 0.29) is 22.2 Å².